The molecule has 0 saturated carbocycles. The molecule has 0 fully saturated rings. The van der Waals surface area contributed by atoms with Crippen molar-refractivity contribution in [3.05, 3.63) is 36.5 Å². The quantitative estimate of drug-likeness (QED) is 0.796. The van der Waals surface area contributed by atoms with E-state index in [4.69, 9.17) is 0 Å². The highest BCUT2D eigenvalue weighted by Crippen LogP contribution is 2.23. The second-order valence-corrected chi connectivity index (χ2v) is 5.91. The first kappa shape index (κ1) is 12.4. The zero-order chi connectivity index (χ0) is 12.3. The molecule has 1 atom stereocenters. The molecular formula is C14H17BrN2. The fraction of sp³-hybridized carbons (Fsp3) is 0.357. The highest BCUT2D eigenvalue weighted by molar-refractivity contribution is 9.09. The standard InChI is InChI=1S/C14H17BrN2/c1-11(15)8-10-17(2)14-13-6-4-3-5-12(13)7-9-16-14/h3-7,9,11H,8,10H2,1-2H3. The smallest absolute Gasteiger partial charge is 0.136 e. The molecule has 0 radical (unpaired) electrons. The number of nitrogens with zero attached hydrogens (tertiary/aromatic N) is 2. The molecule has 17 heavy (non-hydrogen) atoms. The molecule has 1 aromatic carbocycles. The summed E-state index contributed by atoms with van der Waals surface area (Å²) < 4.78 is 0. The maximum atomic E-state index is 4.50. The van der Waals surface area contributed by atoms with Crippen molar-refractivity contribution in [1.82, 2.24) is 4.98 Å². The number of alkyl halides is 1. The number of rotatable bonds is 4. The molecule has 0 bridgehead atoms. The number of fused-ring (bicyclic) bond motifs is 1. The van der Waals surface area contributed by atoms with Gasteiger partial charge in [0.05, 0.1) is 0 Å². The van der Waals surface area contributed by atoms with Crippen LogP contribution in [-0.4, -0.2) is 23.4 Å². The summed E-state index contributed by atoms with van der Waals surface area (Å²) in [5.74, 6) is 1.07. The molecule has 3 heteroatoms. The van der Waals surface area contributed by atoms with Crippen LogP contribution in [0.25, 0.3) is 10.8 Å². The van der Waals surface area contributed by atoms with Crippen molar-refractivity contribution in [2.75, 3.05) is 18.5 Å². The SMILES string of the molecule is CC(Br)CCN(C)c1nccc2ccccc12. The first-order chi connectivity index (χ1) is 8.18. The van der Waals surface area contributed by atoms with Gasteiger partial charge in [0.25, 0.3) is 0 Å². The van der Waals surface area contributed by atoms with Crippen molar-refractivity contribution >= 4 is 32.5 Å². The van der Waals surface area contributed by atoms with Crippen LogP contribution in [0.1, 0.15) is 13.3 Å². The lowest BCUT2D eigenvalue weighted by Gasteiger charge is -2.20. The largest absolute Gasteiger partial charge is 0.359 e. The van der Waals surface area contributed by atoms with E-state index in [9.17, 15) is 0 Å². The molecule has 1 aromatic heterocycles. The Morgan fingerprint density at radius 3 is 2.82 bits per heavy atom. The van der Waals surface area contributed by atoms with Gasteiger partial charge in [-0.1, -0.05) is 47.1 Å². The van der Waals surface area contributed by atoms with Gasteiger partial charge in [-0.3, -0.25) is 0 Å². The first-order valence-electron chi connectivity index (χ1n) is 5.87. The molecule has 0 aliphatic heterocycles. The topological polar surface area (TPSA) is 16.1 Å². The Bertz CT molecular complexity index is 491. The molecule has 0 N–H and O–H groups in total. The first-order valence-corrected chi connectivity index (χ1v) is 6.79. The van der Waals surface area contributed by atoms with Crippen molar-refractivity contribution in [2.45, 2.75) is 18.2 Å². The van der Waals surface area contributed by atoms with Gasteiger partial charge in [-0.15, -0.1) is 0 Å². The number of aromatic nitrogens is 1. The Hall–Kier alpha value is -1.09. The average molecular weight is 293 g/mol. The Labute approximate surface area is 111 Å². The predicted octanol–water partition coefficient (Wildman–Crippen LogP) is 3.84. The summed E-state index contributed by atoms with van der Waals surface area (Å²) in [6.45, 7) is 3.18. The van der Waals surface area contributed by atoms with Crippen LogP contribution >= 0.6 is 15.9 Å². The van der Waals surface area contributed by atoms with Gasteiger partial charge in [0, 0.05) is 30.0 Å². The van der Waals surface area contributed by atoms with Gasteiger partial charge in [-0.25, -0.2) is 4.98 Å². The third kappa shape index (κ3) is 2.97. The van der Waals surface area contributed by atoms with E-state index in [1.807, 2.05) is 6.20 Å². The lowest BCUT2D eigenvalue weighted by Crippen LogP contribution is -2.21. The third-order valence-electron chi connectivity index (χ3n) is 2.88. The Balaban J connectivity index is 2.28. The van der Waals surface area contributed by atoms with Gasteiger partial charge in [-0.05, 0) is 17.9 Å². The van der Waals surface area contributed by atoms with E-state index in [-0.39, 0.29) is 0 Å². The van der Waals surface area contributed by atoms with Crippen molar-refractivity contribution in [3.8, 4) is 0 Å². The van der Waals surface area contributed by atoms with E-state index < -0.39 is 0 Å². The summed E-state index contributed by atoms with van der Waals surface area (Å²) in [5.41, 5.74) is 0. The summed E-state index contributed by atoms with van der Waals surface area (Å²) in [7, 11) is 2.10. The second-order valence-electron chi connectivity index (χ2n) is 4.35. The summed E-state index contributed by atoms with van der Waals surface area (Å²) in [6.07, 6.45) is 2.99. The minimum atomic E-state index is 0.542. The van der Waals surface area contributed by atoms with Crippen LogP contribution in [-0.2, 0) is 0 Å². The highest BCUT2D eigenvalue weighted by Gasteiger charge is 2.07. The Kier molecular flexibility index (Phi) is 4.00. The lowest BCUT2D eigenvalue weighted by atomic mass is 10.1. The molecule has 0 amide bonds. The number of benzene rings is 1. The van der Waals surface area contributed by atoms with Gasteiger partial charge in [-0.2, -0.15) is 0 Å². The zero-order valence-electron chi connectivity index (χ0n) is 10.2. The number of anilines is 1. The molecule has 1 unspecified atom stereocenters. The summed E-state index contributed by atoms with van der Waals surface area (Å²) >= 11 is 3.58. The predicted molar refractivity (Wildman–Crippen MR) is 78.0 cm³/mol. The molecule has 0 aliphatic carbocycles. The maximum Gasteiger partial charge on any atom is 0.136 e. The van der Waals surface area contributed by atoms with Crippen molar-refractivity contribution in [1.29, 1.82) is 0 Å². The van der Waals surface area contributed by atoms with Gasteiger partial charge >= 0.3 is 0 Å². The second kappa shape index (κ2) is 5.50. The van der Waals surface area contributed by atoms with E-state index in [1.54, 1.807) is 0 Å². The minimum Gasteiger partial charge on any atom is -0.359 e. The number of hydrogen-bond acceptors (Lipinski definition) is 2. The number of pyridine rings is 1. The average Bonchev–Trinajstić information content (AvgIpc) is 2.35. The monoisotopic (exact) mass is 292 g/mol. The van der Waals surface area contributed by atoms with E-state index in [2.05, 4.69) is 70.1 Å². The molecule has 2 aromatic rings. The molecule has 90 valence electrons. The van der Waals surface area contributed by atoms with Crippen molar-refractivity contribution in [3.63, 3.8) is 0 Å². The van der Waals surface area contributed by atoms with Gasteiger partial charge in [0.15, 0.2) is 0 Å². The van der Waals surface area contributed by atoms with E-state index >= 15 is 0 Å². The van der Waals surface area contributed by atoms with Crippen molar-refractivity contribution < 1.29 is 0 Å². The van der Waals surface area contributed by atoms with E-state index in [1.165, 1.54) is 10.8 Å². The molecule has 0 spiro atoms. The van der Waals surface area contributed by atoms with Gasteiger partial charge in [0.2, 0.25) is 0 Å². The molecule has 0 aliphatic rings. The van der Waals surface area contributed by atoms with Crippen LogP contribution in [0.2, 0.25) is 0 Å². The zero-order valence-corrected chi connectivity index (χ0v) is 11.8. The molecule has 2 rings (SSSR count). The van der Waals surface area contributed by atoms with Crippen LogP contribution in [0.15, 0.2) is 36.5 Å². The lowest BCUT2D eigenvalue weighted by molar-refractivity contribution is 0.781. The summed E-state index contributed by atoms with van der Waals surface area (Å²) in [6, 6.07) is 10.4. The Morgan fingerprint density at radius 2 is 2.06 bits per heavy atom. The normalized spacial score (nSPS) is 12.6. The number of hydrogen-bond donors (Lipinski definition) is 0. The van der Waals surface area contributed by atoms with E-state index in [0.29, 0.717) is 4.83 Å². The van der Waals surface area contributed by atoms with Crippen LogP contribution in [0.4, 0.5) is 5.82 Å². The van der Waals surface area contributed by atoms with Crippen LogP contribution < -0.4 is 4.90 Å². The van der Waals surface area contributed by atoms with Gasteiger partial charge in [0.1, 0.15) is 5.82 Å². The molecular weight excluding hydrogens is 276 g/mol. The molecule has 0 saturated heterocycles. The highest BCUT2D eigenvalue weighted by atomic mass is 79.9. The van der Waals surface area contributed by atoms with E-state index in [0.717, 1.165) is 18.8 Å². The van der Waals surface area contributed by atoms with Crippen LogP contribution in [0.5, 0.6) is 0 Å². The fourth-order valence-corrected chi connectivity index (χ4v) is 2.09. The summed E-state index contributed by atoms with van der Waals surface area (Å²) in [4.78, 5) is 7.26. The minimum absolute atomic E-state index is 0.542. The number of halogens is 1. The maximum absolute atomic E-state index is 4.50. The van der Waals surface area contributed by atoms with Crippen LogP contribution in [0, 0.1) is 0 Å². The summed E-state index contributed by atoms with van der Waals surface area (Å²) in [5, 5.41) is 2.47. The third-order valence-corrected chi connectivity index (χ3v) is 3.33. The van der Waals surface area contributed by atoms with Crippen molar-refractivity contribution in [2.24, 2.45) is 0 Å². The molecule has 1 heterocycles. The van der Waals surface area contributed by atoms with Crippen LogP contribution in [0.3, 0.4) is 0 Å². The fourth-order valence-electron chi connectivity index (χ4n) is 1.89. The van der Waals surface area contributed by atoms with Gasteiger partial charge < -0.3 is 4.90 Å². The molecule has 2 nitrogen and oxygen atoms in total. The Morgan fingerprint density at radius 1 is 1.29 bits per heavy atom.